The highest BCUT2D eigenvalue weighted by Crippen LogP contribution is 2.45. The number of benzene rings is 1. The molecule has 1 aromatic heterocycles. The lowest BCUT2D eigenvalue weighted by molar-refractivity contribution is -0.344. The van der Waals surface area contributed by atoms with Crippen LogP contribution in [0.1, 0.15) is 41.2 Å². The predicted molar refractivity (Wildman–Crippen MR) is 117 cm³/mol. The zero-order chi connectivity index (χ0) is 23.1. The number of fused-ring (bicyclic) bond motifs is 3. The number of aliphatic hydroxyl groups excluding tert-OH is 1. The number of ether oxygens (including phenoxy) is 7. The van der Waals surface area contributed by atoms with Crippen molar-refractivity contribution in [3.05, 3.63) is 45.6 Å². The highest BCUT2D eigenvalue weighted by Gasteiger charge is 2.46. The minimum Gasteiger partial charge on any atom is -0.467 e. The standard InChI is InChI=1S/C24H26O9S/c25-11-27-9-14-4-3-13-6-17-18(30-12-29-17)7-15(13)22(14)32-21-8-16(26)23-19(31-21)10-28-24(33-23)20-2-1-5-34-20/h1-2,5-7,11,14,16,19,21-24,26H,3-4,8-10,12H2/t14?,16?,19?,21?,22?,23?,24-/m1/s1. The minimum atomic E-state index is -0.764. The van der Waals surface area contributed by atoms with E-state index >= 15 is 0 Å². The first kappa shape index (κ1) is 22.3. The molecule has 2 aromatic rings. The van der Waals surface area contributed by atoms with Crippen molar-refractivity contribution in [1.82, 2.24) is 0 Å². The van der Waals surface area contributed by atoms with Crippen molar-refractivity contribution in [2.75, 3.05) is 20.0 Å². The Labute approximate surface area is 200 Å². The lowest BCUT2D eigenvalue weighted by Gasteiger charge is -2.45. The summed E-state index contributed by atoms with van der Waals surface area (Å²) in [5.74, 6) is 1.34. The largest absolute Gasteiger partial charge is 0.467 e. The van der Waals surface area contributed by atoms with Crippen LogP contribution in [0.2, 0.25) is 0 Å². The number of hydrogen-bond donors (Lipinski definition) is 1. The summed E-state index contributed by atoms with van der Waals surface area (Å²) in [7, 11) is 0. The second kappa shape index (κ2) is 9.44. The number of aryl methyl sites for hydroxylation is 1. The normalized spacial score (nSPS) is 34.2. The third-order valence-electron chi connectivity index (χ3n) is 6.80. The number of aliphatic hydroxyl groups is 1. The van der Waals surface area contributed by atoms with Crippen LogP contribution < -0.4 is 9.47 Å². The van der Waals surface area contributed by atoms with Gasteiger partial charge in [0.2, 0.25) is 6.79 Å². The van der Waals surface area contributed by atoms with Crippen LogP contribution in [0.3, 0.4) is 0 Å². The number of carbonyl (C=O) groups excluding carboxylic acids is 1. The summed E-state index contributed by atoms with van der Waals surface area (Å²) >= 11 is 1.55. The molecule has 2 saturated heterocycles. The highest BCUT2D eigenvalue weighted by molar-refractivity contribution is 7.10. The molecular formula is C24H26O9S. The second-order valence-electron chi connectivity index (χ2n) is 8.88. The van der Waals surface area contributed by atoms with Crippen molar-refractivity contribution in [3.8, 4) is 11.5 Å². The van der Waals surface area contributed by atoms with E-state index in [4.69, 9.17) is 33.2 Å². The Balaban J connectivity index is 1.19. The van der Waals surface area contributed by atoms with Crippen molar-refractivity contribution in [3.63, 3.8) is 0 Å². The Kier molecular flexibility index (Phi) is 6.18. The summed E-state index contributed by atoms with van der Waals surface area (Å²) in [5.41, 5.74) is 2.07. The first-order valence-corrected chi connectivity index (χ1v) is 12.3. The fourth-order valence-electron chi connectivity index (χ4n) is 5.15. The second-order valence-corrected chi connectivity index (χ2v) is 9.86. The maximum Gasteiger partial charge on any atom is 0.293 e. The first-order chi connectivity index (χ1) is 16.7. The van der Waals surface area contributed by atoms with Gasteiger partial charge in [-0.1, -0.05) is 6.07 Å². The van der Waals surface area contributed by atoms with E-state index in [9.17, 15) is 9.90 Å². The predicted octanol–water partition coefficient (Wildman–Crippen LogP) is 2.86. The lowest BCUT2D eigenvalue weighted by Crippen LogP contribution is -2.55. The van der Waals surface area contributed by atoms with E-state index in [1.165, 1.54) is 0 Å². The van der Waals surface area contributed by atoms with E-state index in [1.807, 2.05) is 29.6 Å². The molecule has 0 spiro atoms. The molecule has 6 rings (SSSR count). The van der Waals surface area contributed by atoms with Crippen LogP contribution in [0.5, 0.6) is 11.5 Å². The molecule has 0 amide bonds. The summed E-state index contributed by atoms with van der Waals surface area (Å²) < 4.78 is 40.8. The van der Waals surface area contributed by atoms with E-state index in [-0.39, 0.29) is 25.7 Å². The number of carbonyl (C=O) groups is 1. The maximum absolute atomic E-state index is 10.9. The van der Waals surface area contributed by atoms with Gasteiger partial charge in [-0.05, 0) is 47.5 Å². The Hall–Kier alpha value is -2.21. The topological polar surface area (TPSA) is 102 Å². The molecule has 4 aliphatic rings. The molecule has 34 heavy (non-hydrogen) atoms. The molecule has 1 aliphatic carbocycles. The van der Waals surface area contributed by atoms with Crippen molar-refractivity contribution >= 4 is 17.8 Å². The summed E-state index contributed by atoms with van der Waals surface area (Å²) in [6.07, 6.45) is -1.42. The maximum atomic E-state index is 10.9. The Bertz CT molecular complexity index is 1010. The van der Waals surface area contributed by atoms with Crippen LogP contribution in [-0.2, 0) is 34.9 Å². The summed E-state index contributed by atoms with van der Waals surface area (Å²) in [6, 6.07) is 7.82. The van der Waals surface area contributed by atoms with Crippen LogP contribution in [0.4, 0.5) is 0 Å². The van der Waals surface area contributed by atoms with Gasteiger partial charge in [-0.3, -0.25) is 4.79 Å². The number of thiophene rings is 1. The molecule has 1 aromatic carbocycles. The molecule has 2 fully saturated rings. The summed E-state index contributed by atoms with van der Waals surface area (Å²) in [5, 5.41) is 12.9. The molecule has 4 heterocycles. The minimum absolute atomic E-state index is 0.0568. The van der Waals surface area contributed by atoms with Crippen molar-refractivity contribution in [2.24, 2.45) is 5.92 Å². The Morgan fingerprint density at radius 1 is 1.21 bits per heavy atom. The summed E-state index contributed by atoms with van der Waals surface area (Å²) in [6.45, 7) is 1.17. The summed E-state index contributed by atoms with van der Waals surface area (Å²) in [4.78, 5) is 11.8. The van der Waals surface area contributed by atoms with Crippen LogP contribution in [0.15, 0.2) is 29.6 Å². The molecule has 1 N–H and O–H groups in total. The van der Waals surface area contributed by atoms with Gasteiger partial charge in [0.05, 0.1) is 30.3 Å². The first-order valence-electron chi connectivity index (χ1n) is 11.5. The molecule has 6 unspecified atom stereocenters. The van der Waals surface area contributed by atoms with E-state index in [2.05, 4.69) is 0 Å². The van der Waals surface area contributed by atoms with Gasteiger partial charge < -0.3 is 38.3 Å². The molecule has 9 nitrogen and oxygen atoms in total. The Morgan fingerprint density at radius 3 is 2.91 bits per heavy atom. The van der Waals surface area contributed by atoms with Crippen molar-refractivity contribution < 1.29 is 43.1 Å². The molecule has 182 valence electrons. The van der Waals surface area contributed by atoms with Gasteiger partial charge in [-0.25, -0.2) is 0 Å². The molecule has 3 aliphatic heterocycles. The zero-order valence-electron chi connectivity index (χ0n) is 18.4. The highest BCUT2D eigenvalue weighted by atomic mass is 32.1. The molecule has 7 atom stereocenters. The van der Waals surface area contributed by atoms with Gasteiger partial charge in [0.25, 0.3) is 6.47 Å². The van der Waals surface area contributed by atoms with E-state index in [0.29, 0.717) is 18.8 Å². The number of hydrogen-bond acceptors (Lipinski definition) is 10. The Morgan fingerprint density at radius 2 is 2.09 bits per heavy atom. The average Bonchev–Trinajstić information content (AvgIpc) is 3.54. The van der Waals surface area contributed by atoms with Crippen LogP contribution >= 0.6 is 11.3 Å². The van der Waals surface area contributed by atoms with Gasteiger partial charge in [0.15, 0.2) is 24.1 Å². The number of rotatable bonds is 6. The third kappa shape index (κ3) is 4.19. The molecule has 10 heteroatoms. The fraction of sp³-hybridized carbons (Fsp3) is 0.542. The van der Waals surface area contributed by atoms with E-state index < -0.39 is 37.0 Å². The smallest absolute Gasteiger partial charge is 0.293 e. The van der Waals surface area contributed by atoms with Crippen LogP contribution in [0, 0.1) is 5.92 Å². The van der Waals surface area contributed by atoms with Gasteiger partial charge in [0.1, 0.15) is 12.2 Å². The lowest BCUT2D eigenvalue weighted by atomic mass is 9.81. The van der Waals surface area contributed by atoms with Gasteiger partial charge in [-0.2, -0.15) is 0 Å². The van der Waals surface area contributed by atoms with Crippen LogP contribution in [-0.4, -0.2) is 56.2 Å². The molecule has 0 bridgehead atoms. The van der Waals surface area contributed by atoms with Gasteiger partial charge >= 0.3 is 0 Å². The third-order valence-corrected chi connectivity index (χ3v) is 7.70. The quantitative estimate of drug-likeness (QED) is 0.613. The van der Waals surface area contributed by atoms with Gasteiger partial charge in [-0.15, -0.1) is 11.3 Å². The monoisotopic (exact) mass is 490 g/mol. The van der Waals surface area contributed by atoms with E-state index in [0.717, 1.165) is 34.6 Å². The molecule has 0 radical (unpaired) electrons. The fourth-order valence-corrected chi connectivity index (χ4v) is 5.86. The SMILES string of the molecule is O=COCC1CCc2cc3c(cc2C1OC1CC(O)C2O[C@H](c4cccs4)OCC2O1)OCO3. The van der Waals surface area contributed by atoms with Crippen molar-refractivity contribution in [1.29, 1.82) is 0 Å². The molecule has 0 saturated carbocycles. The average molecular weight is 491 g/mol. The zero-order valence-corrected chi connectivity index (χ0v) is 19.2. The van der Waals surface area contributed by atoms with E-state index in [1.54, 1.807) is 11.3 Å². The van der Waals surface area contributed by atoms with Gasteiger partial charge in [0, 0.05) is 12.3 Å². The van der Waals surface area contributed by atoms with Crippen molar-refractivity contribution in [2.45, 2.75) is 56.3 Å². The molecular weight excluding hydrogens is 464 g/mol. The van der Waals surface area contributed by atoms with Crippen LogP contribution in [0.25, 0.3) is 0 Å².